The molecule has 6 heteroatoms. The summed E-state index contributed by atoms with van der Waals surface area (Å²) >= 11 is 5.78. The van der Waals surface area contributed by atoms with Crippen molar-refractivity contribution < 1.29 is 4.39 Å². The van der Waals surface area contributed by atoms with Crippen molar-refractivity contribution in [2.45, 2.75) is 6.54 Å². The highest BCUT2D eigenvalue weighted by Gasteiger charge is 2.05. The molecule has 2 aromatic rings. The fourth-order valence-electron chi connectivity index (χ4n) is 1.40. The summed E-state index contributed by atoms with van der Waals surface area (Å²) in [6.07, 6.45) is 1.13. The van der Waals surface area contributed by atoms with Crippen molar-refractivity contribution in [1.82, 2.24) is 9.97 Å². The molecule has 0 radical (unpaired) electrons. The summed E-state index contributed by atoms with van der Waals surface area (Å²) in [7, 11) is 1.68. The molecule has 0 atom stereocenters. The van der Waals surface area contributed by atoms with Crippen molar-refractivity contribution >= 4 is 23.4 Å². The first kappa shape index (κ1) is 12.6. The molecule has 0 fully saturated rings. The van der Waals surface area contributed by atoms with Gasteiger partial charge in [-0.3, -0.25) is 0 Å². The van der Waals surface area contributed by atoms with Gasteiger partial charge in [0.05, 0.1) is 6.20 Å². The van der Waals surface area contributed by atoms with Crippen molar-refractivity contribution in [3.8, 4) is 0 Å². The summed E-state index contributed by atoms with van der Waals surface area (Å²) in [5, 5.41) is 6.34. The molecule has 1 heterocycles. The standard InChI is InChI=1S/C12H12ClFN4/c1-15-12-17-7-10(14)11(18-12)16-6-8-2-4-9(13)5-3-8/h2-5,7H,6H2,1H3,(H2,15,16,17,18). The zero-order valence-corrected chi connectivity index (χ0v) is 10.5. The first-order valence-electron chi connectivity index (χ1n) is 5.37. The van der Waals surface area contributed by atoms with Gasteiger partial charge < -0.3 is 10.6 Å². The summed E-state index contributed by atoms with van der Waals surface area (Å²) in [4.78, 5) is 7.76. The molecule has 1 aromatic heterocycles. The van der Waals surface area contributed by atoms with Crippen LogP contribution >= 0.6 is 11.6 Å². The number of nitrogens with zero attached hydrogens (tertiary/aromatic N) is 2. The summed E-state index contributed by atoms with van der Waals surface area (Å²) in [5.74, 6) is 0.0577. The molecule has 2 N–H and O–H groups in total. The molecule has 0 unspecified atom stereocenters. The zero-order chi connectivity index (χ0) is 13.0. The van der Waals surface area contributed by atoms with E-state index in [4.69, 9.17) is 11.6 Å². The Hall–Kier alpha value is -1.88. The molecule has 94 valence electrons. The van der Waals surface area contributed by atoms with Gasteiger partial charge >= 0.3 is 0 Å². The summed E-state index contributed by atoms with van der Waals surface area (Å²) < 4.78 is 13.4. The lowest BCUT2D eigenvalue weighted by Crippen LogP contribution is -2.06. The lowest BCUT2D eigenvalue weighted by molar-refractivity contribution is 0.617. The summed E-state index contributed by atoms with van der Waals surface area (Å²) in [5.41, 5.74) is 0.989. The lowest BCUT2D eigenvalue weighted by atomic mass is 10.2. The Morgan fingerprint density at radius 3 is 2.67 bits per heavy atom. The Morgan fingerprint density at radius 2 is 2.00 bits per heavy atom. The maximum absolute atomic E-state index is 13.4. The van der Waals surface area contributed by atoms with Gasteiger partial charge in [-0.25, -0.2) is 9.37 Å². The zero-order valence-electron chi connectivity index (χ0n) is 9.74. The third-order valence-electron chi connectivity index (χ3n) is 2.34. The van der Waals surface area contributed by atoms with Gasteiger partial charge in [0.2, 0.25) is 5.95 Å². The van der Waals surface area contributed by atoms with Crippen LogP contribution in [0.3, 0.4) is 0 Å². The molecule has 0 aliphatic heterocycles. The normalized spacial score (nSPS) is 10.2. The van der Waals surface area contributed by atoms with Gasteiger partial charge in [-0.2, -0.15) is 4.98 Å². The second-order valence-electron chi connectivity index (χ2n) is 3.62. The minimum absolute atomic E-state index is 0.171. The Bertz CT molecular complexity index is 530. The number of anilines is 2. The first-order valence-corrected chi connectivity index (χ1v) is 5.75. The smallest absolute Gasteiger partial charge is 0.224 e. The van der Waals surface area contributed by atoms with E-state index in [9.17, 15) is 4.39 Å². The number of halogens is 2. The highest BCUT2D eigenvalue weighted by molar-refractivity contribution is 6.30. The SMILES string of the molecule is CNc1ncc(F)c(NCc2ccc(Cl)cc2)n1. The van der Waals surface area contributed by atoms with Gasteiger partial charge in [0.25, 0.3) is 0 Å². The predicted molar refractivity (Wildman–Crippen MR) is 70.3 cm³/mol. The topological polar surface area (TPSA) is 49.8 Å². The van der Waals surface area contributed by atoms with Crippen LogP contribution in [-0.2, 0) is 6.54 Å². The van der Waals surface area contributed by atoms with E-state index in [-0.39, 0.29) is 5.82 Å². The van der Waals surface area contributed by atoms with Crippen molar-refractivity contribution in [3.63, 3.8) is 0 Å². The third-order valence-corrected chi connectivity index (χ3v) is 2.59. The fourth-order valence-corrected chi connectivity index (χ4v) is 1.53. The third kappa shape index (κ3) is 3.07. The van der Waals surface area contributed by atoms with Crippen molar-refractivity contribution in [2.75, 3.05) is 17.7 Å². The van der Waals surface area contributed by atoms with Gasteiger partial charge in [-0.05, 0) is 17.7 Å². The molecule has 4 nitrogen and oxygen atoms in total. The van der Waals surface area contributed by atoms with Crippen molar-refractivity contribution in [2.24, 2.45) is 0 Å². The number of aromatic nitrogens is 2. The quantitative estimate of drug-likeness (QED) is 0.893. The number of nitrogens with one attached hydrogen (secondary N) is 2. The Morgan fingerprint density at radius 1 is 1.28 bits per heavy atom. The van der Waals surface area contributed by atoms with E-state index >= 15 is 0 Å². The molecule has 0 amide bonds. The van der Waals surface area contributed by atoms with Crippen LogP contribution in [-0.4, -0.2) is 17.0 Å². The van der Waals surface area contributed by atoms with Gasteiger partial charge in [0.15, 0.2) is 11.6 Å². The summed E-state index contributed by atoms with van der Waals surface area (Å²) in [6.45, 7) is 0.467. The average Bonchev–Trinajstić information content (AvgIpc) is 2.40. The van der Waals surface area contributed by atoms with Crippen molar-refractivity contribution in [1.29, 1.82) is 0 Å². The molecule has 2 rings (SSSR count). The maximum atomic E-state index is 13.4. The average molecular weight is 267 g/mol. The van der Waals surface area contributed by atoms with Crippen LogP contribution in [0.25, 0.3) is 0 Å². The van der Waals surface area contributed by atoms with Crippen LogP contribution in [0.15, 0.2) is 30.5 Å². The van der Waals surface area contributed by atoms with Crippen LogP contribution in [0.5, 0.6) is 0 Å². The van der Waals surface area contributed by atoms with Gasteiger partial charge in [-0.1, -0.05) is 23.7 Å². The second kappa shape index (κ2) is 5.64. The number of hydrogen-bond acceptors (Lipinski definition) is 4. The monoisotopic (exact) mass is 266 g/mol. The first-order chi connectivity index (χ1) is 8.69. The Kier molecular flexibility index (Phi) is 3.94. The molecular weight excluding hydrogens is 255 g/mol. The Balaban J connectivity index is 2.07. The van der Waals surface area contributed by atoms with E-state index in [0.717, 1.165) is 11.8 Å². The molecule has 18 heavy (non-hydrogen) atoms. The molecule has 0 spiro atoms. The molecular formula is C12H12ClFN4. The highest BCUT2D eigenvalue weighted by Crippen LogP contribution is 2.14. The molecule has 0 saturated heterocycles. The number of hydrogen-bond donors (Lipinski definition) is 2. The minimum Gasteiger partial charge on any atom is -0.363 e. The molecule has 1 aromatic carbocycles. The molecule has 0 bridgehead atoms. The maximum Gasteiger partial charge on any atom is 0.224 e. The second-order valence-corrected chi connectivity index (χ2v) is 4.06. The van der Waals surface area contributed by atoms with Gasteiger partial charge in [-0.15, -0.1) is 0 Å². The highest BCUT2D eigenvalue weighted by atomic mass is 35.5. The summed E-state index contributed by atoms with van der Waals surface area (Å²) in [6, 6.07) is 7.31. The van der Waals surface area contributed by atoms with Crippen LogP contribution in [0.2, 0.25) is 5.02 Å². The lowest BCUT2D eigenvalue weighted by Gasteiger charge is -2.08. The van der Waals surface area contributed by atoms with E-state index in [1.54, 1.807) is 19.2 Å². The van der Waals surface area contributed by atoms with E-state index in [1.165, 1.54) is 0 Å². The van der Waals surface area contributed by atoms with E-state index < -0.39 is 5.82 Å². The number of rotatable bonds is 4. The minimum atomic E-state index is -0.483. The van der Waals surface area contributed by atoms with Crippen molar-refractivity contribution in [3.05, 3.63) is 46.9 Å². The molecule has 0 saturated carbocycles. The Labute approximate surface area is 109 Å². The van der Waals surface area contributed by atoms with Crippen LogP contribution in [0.1, 0.15) is 5.56 Å². The number of benzene rings is 1. The van der Waals surface area contributed by atoms with E-state index in [1.807, 2.05) is 12.1 Å². The fraction of sp³-hybridized carbons (Fsp3) is 0.167. The largest absolute Gasteiger partial charge is 0.363 e. The van der Waals surface area contributed by atoms with E-state index in [2.05, 4.69) is 20.6 Å². The predicted octanol–water partition coefficient (Wildman–Crippen LogP) is 2.92. The van der Waals surface area contributed by atoms with Gasteiger partial charge in [0, 0.05) is 18.6 Å². The van der Waals surface area contributed by atoms with Gasteiger partial charge in [0.1, 0.15) is 0 Å². The van der Waals surface area contributed by atoms with Crippen LogP contribution in [0, 0.1) is 5.82 Å². The van der Waals surface area contributed by atoms with E-state index in [0.29, 0.717) is 17.5 Å². The molecule has 0 aliphatic carbocycles. The molecule has 0 aliphatic rings. The van der Waals surface area contributed by atoms with Crippen LogP contribution < -0.4 is 10.6 Å². The van der Waals surface area contributed by atoms with Crippen LogP contribution in [0.4, 0.5) is 16.2 Å².